The van der Waals surface area contributed by atoms with Gasteiger partial charge in [-0.3, -0.25) is 0 Å². The van der Waals surface area contributed by atoms with Gasteiger partial charge in [-0.15, -0.1) is 5.10 Å². The van der Waals surface area contributed by atoms with Gasteiger partial charge in [-0.25, -0.2) is 4.68 Å². The first-order chi connectivity index (χ1) is 8.79. The van der Waals surface area contributed by atoms with Crippen molar-refractivity contribution in [3.63, 3.8) is 0 Å². The predicted octanol–water partition coefficient (Wildman–Crippen LogP) is 1.25. The van der Waals surface area contributed by atoms with Crippen molar-refractivity contribution >= 4 is 11.6 Å². The molecule has 18 heavy (non-hydrogen) atoms. The molecule has 0 saturated heterocycles. The Balaban J connectivity index is 1.93. The number of benzene rings is 1. The van der Waals surface area contributed by atoms with Crippen molar-refractivity contribution in [1.29, 1.82) is 0 Å². The molecule has 1 heterocycles. The van der Waals surface area contributed by atoms with Gasteiger partial charge in [-0.2, -0.15) is 0 Å². The minimum absolute atomic E-state index is 0.319. The number of hydrogen-bond donors (Lipinski definition) is 1. The van der Waals surface area contributed by atoms with Gasteiger partial charge in [0.05, 0.1) is 0 Å². The van der Waals surface area contributed by atoms with E-state index in [0.29, 0.717) is 30.5 Å². The molecule has 0 saturated carbocycles. The average Bonchev–Trinajstić information content (AvgIpc) is 2.83. The third-order valence-corrected chi connectivity index (χ3v) is 2.61. The van der Waals surface area contributed by atoms with Gasteiger partial charge >= 0.3 is 0 Å². The van der Waals surface area contributed by atoms with Gasteiger partial charge in [0.2, 0.25) is 0 Å². The molecule has 0 bridgehead atoms. The lowest BCUT2D eigenvalue weighted by Crippen LogP contribution is -2.12. The van der Waals surface area contributed by atoms with E-state index in [9.17, 15) is 0 Å². The van der Waals surface area contributed by atoms with E-state index >= 15 is 0 Å². The van der Waals surface area contributed by atoms with Crippen LogP contribution in [0.25, 0.3) is 0 Å². The first-order valence-corrected chi connectivity index (χ1v) is 6.01. The standard InChI is InChI=1S/C11H14ClN5O/c12-9-2-4-10(5-3-9)18-8-11-14-15-16-17(11)7-1-6-13/h2-5H,1,6-8,13H2. The molecular weight excluding hydrogens is 254 g/mol. The van der Waals surface area contributed by atoms with Gasteiger partial charge in [-0.05, 0) is 47.7 Å². The van der Waals surface area contributed by atoms with Crippen LogP contribution in [-0.2, 0) is 13.2 Å². The highest BCUT2D eigenvalue weighted by Gasteiger charge is 2.06. The summed E-state index contributed by atoms with van der Waals surface area (Å²) in [6.07, 6.45) is 0.832. The number of halogens is 1. The molecule has 2 rings (SSSR count). The Labute approximate surface area is 110 Å². The van der Waals surface area contributed by atoms with Crippen molar-refractivity contribution in [1.82, 2.24) is 20.2 Å². The predicted molar refractivity (Wildman–Crippen MR) is 67.3 cm³/mol. The summed E-state index contributed by atoms with van der Waals surface area (Å²) < 4.78 is 7.27. The fourth-order valence-corrected chi connectivity index (χ4v) is 1.55. The van der Waals surface area contributed by atoms with Gasteiger partial charge < -0.3 is 10.5 Å². The van der Waals surface area contributed by atoms with Crippen LogP contribution in [0.15, 0.2) is 24.3 Å². The molecule has 2 aromatic rings. The van der Waals surface area contributed by atoms with Crippen LogP contribution in [0.4, 0.5) is 0 Å². The molecule has 0 spiro atoms. The summed E-state index contributed by atoms with van der Waals surface area (Å²) in [6.45, 7) is 1.62. The second-order valence-corrected chi connectivity index (χ2v) is 4.14. The number of hydrogen-bond acceptors (Lipinski definition) is 5. The molecule has 0 amide bonds. The van der Waals surface area contributed by atoms with Gasteiger partial charge in [0.1, 0.15) is 12.4 Å². The van der Waals surface area contributed by atoms with Gasteiger partial charge in [0, 0.05) is 11.6 Å². The molecule has 7 heteroatoms. The zero-order valence-electron chi connectivity index (χ0n) is 9.79. The molecule has 96 valence electrons. The average molecular weight is 268 g/mol. The van der Waals surface area contributed by atoms with Crippen LogP contribution < -0.4 is 10.5 Å². The molecule has 1 aromatic heterocycles. The van der Waals surface area contributed by atoms with Crippen LogP contribution in [-0.4, -0.2) is 26.8 Å². The topological polar surface area (TPSA) is 78.9 Å². The molecule has 0 atom stereocenters. The molecule has 0 radical (unpaired) electrons. The number of ether oxygens (including phenoxy) is 1. The Morgan fingerprint density at radius 3 is 2.78 bits per heavy atom. The van der Waals surface area contributed by atoms with Crippen LogP contribution in [0.5, 0.6) is 5.75 Å². The zero-order valence-corrected chi connectivity index (χ0v) is 10.5. The lowest BCUT2D eigenvalue weighted by Gasteiger charge is -2.06. The van der Waals surface area contributed by atoms with E-state index < -0.39 is 0 Å². The molecule has 1 aromatic carbocycles. The lowest BCUT2D eigenvalue weighted by atomic mass is 10.3. The second-order valence-electron chi connectivity index (χ2n) is 3.70. The van der Waals surface area contributed by atoms with Crippen molar-refractivity contribution in [2.24, 2.45) is 5.73 Å². The molecule has 0 unspecified atom stereocenters. The third-order valence-electron chi connectivity index (χ3n) is 2.36. The number of nitrogens with two attached hydrogens (primary N) is 1. The van der Waals surface area contributed by atoms with E-state index in [2.05, 4.69) is 15.5 Å². The summed E-state index contributed by atoms with van der Waals surface area (Å²) in [5.41, 5.74) is 5.45. The normalized spacial score (nSPS) is 10.6. The van der Waals surface area contributed by atoms with E-state index in [-0.39, 0.29) is 0 Å². The summed E-state index contributed by atoms with van der Waals surface area (Å²) in [7, 11) is 0. The monoisotopic (exact) mass is 267 g/mol. The molecule has 0 fully saturated rings. The highest BCUT2D eigenvalue weighted by Crippen LogP contribution is 2.16. The maximum Gasteiger partial charge on any atom is 0.189 e. The quantitative estimate of drug-likeness (QED) is 0.852. The Kier molecular flexibility index (Phi) is 4.49. The van der Waals surface area contributed by atoms with Gasteiger partial charge in [0.15, 0.2) is 5.82 Å². The second kappa shape index (κ2) is 6.32. The van der Waals surface area contributed by atoms with Crippen molar-refractivity contribution in [2.45, 2.75) is 19.6 Å². The van der Waals surface area contributed by atoms with E-state index in [1.165, 1.54) is 0 Å². The van der Waals surface area contributed by atoms with E-state index in [4.69, 9.17) is 22.1 Å². The zero-order chi connectivity index (χ0) is 12.8. The van der Waals surface area contributed by atoms with Crippen LogP contribution in [0.3, 0.4) is 0 Å². The molecule has 0 aliphatic heterocycles. The maximum atomic E-state index is 5.79. The van der Waals surface area contributed by atoms with Gasteiger partial charge in [0.25, 0.3) is 0 Å². The number of rotatable bonds is 6. The fraction of sp³-hybridized carbons (Fsp3) is 0.364. The third kappa shape index (κ3) is 3.41. The summed E-state index contributed by atoms with van der Waals surface area (Å²) in [4.78, 5) is 0. The smallest absolute Gasteiger partial charge is 0.189 e. The van der Waals surface area contributed by atoms with E-state index in [1.54, 1.807) is 28.9 Å². The summed E-state index contributed by atoms with van der Waals surface area (Å²) in [5.74, 6) is 1.41. The van der Waals surface area contributed by atoms with E-state index in [0.717, 1.165) is 12.2 Å². The SMILES string of the molecule is NCCCn1nnnc1COc1ccc(Cl)cc1. The first kappa shape index (κ1) is 12.8. The number of tetrazole rings is 1. The summed E-state index contributed by atoms with van der Waals surface area (Å²) in [5, 5.41) is 12.1. The van der Waals surface area contributed by atoms with Crippen LogP contribution in [0.2, 0.25) is 5.02 Å². The van der Waals surface area contributed by atoms with Crippen LogP contribution >= 0.6 is 11.6 Å². The minimum atomic E-state index is 0.319. The summed E-state index contributed by atoms with van der Waals surface area (Å²) >= 11 is 5.79. The highest BCUT2D eigenvalue weighted by molar-refractivity contribution is 6.30. The Morgan fingerprint density at radius 1 is 1.28 bits per heavy atom. The minimum Gasteiger partial charge on any atom is -0.486 e. The van der Waals surface area contributed by atoms with Crippen molar-refractivity contribution in [2.75, 3.05) is 6.54 Å². The molecule has 0 aliphatic rings. The van der Waals surface area contributed by atoms with Gasteiger partial charge in [-0.1, -0.05) is 11.6 Å². The van der Waals surface area contributed by atoms with Crippen molar-refractivity contribution < 1.29 is 4.74 Å². The van der Waals surface area contributed by atoms with Crippen molar-refractivity contribution in [3.8, 4) is 5.75 Å². The van der Waals surface area contributed by atoms with Crippen molar-refractivity contribution in [3.05, 3.63) is 35.1 Å². The largest absolute Gasteiger partial charge is 0.486 e. The Bertz CT molecular complexity index is 484. The fourth-order valence-electron chi connectivity index (χ4n) is 1.42. The van der Waals surface area contributed by atoms with Crippen LogP contribution in [0.1, 0.15) is 12.2 Å². The molecular formula is C11H14ClN5O. The summed E-state index contributed by atoms with van der Waals surface area (Å²) in [6, 6.07) is 7.15. The molecule has 2 N–H and O–H groups in total. The van der Waals surface area contributed by atoms with E-state index in [1.807, 2.05) is 0 Å². The number of nitrogens with zero attached hydrogens (tertiary/aromatic N) is 4. The maximum absolute atomic E-state index is 5.79. The number of aromatic nitrogens is 4. The highest BCUT2D eigenvalue weighted by atomic mass is 35.5. The molecule has 0 aliphatic carbocycles. The lowest BCUT2D eigenvalue weighted by molar-refractivity contribution is 0.286. The first-order valence-electron chi connectivity index (χ1n) is 5.63. The number of aryl methyl sites for hydroxylation is 1. The Morgan fingerprint density at radius 2 is 2.06 bits per heavy atom. The van der Waals surface area contributed by atoms with Crippen LogP contribution in [0, 0.1) is 0 Å². The molecule has 6 nitrogen and oxygen atoms in total. The Hall–Kier alpha value is -1.66.